The van der Waals surface area contributed by atoms with E-state index in [4.69, 9.17) is 9.47 Å². The van der Waals surface area contributed by atoms with Gasteiger partial charge in [-0.05, 0) is 68.8 Å². The van der Waals surface area contributed by atoms with Crippen LogP contribution in [0.2, 0.25) is 0 Å². The van der Waals surface area contributed by atoms with Crippen molar-refractivity contribution in [2.45, 2.75) is 154 Å². The lowest BCUT2D eigenvalue weighted by Gasteiger charge is -2.07. The average Bonchev–Trinajstić information content (AvgIpc) is 3.67. The van der Waals surface area contributed by atoms with Gasteiger partial charge in [-0.25, -0.2) is 0 Å². The number of esters is 1. The van der Waals surface area contributed by atoms with Crippen molar-refractivity contribution in [3.05, 3.63) is 37.0 Å². The highest BCUT2D eigenvalue weighted by molar-refractivity contribution is 5.70. The Morgan fingerprint density at radius 2 is 1.45 bits per heavy atom. The zero-order chi connectivity index (χ0) is 27.5. The molecule has 1 saturated heterocycles. The Labute approximate surface area is 234 Å². The first-order valence-electron chi connectivity index (χ1n) is 15.5. The molecular formula is C35H54O3. The van der Waals surface area contributed by atoms with Gasteiger partial charge in [0.05, 0.1) is 12.2 Å². The summed E-state index contributed by atoms with van der Waals surface area (Å²) >= 11 is 0. The molecule has 3 nitrogen and oxygen atoms in total. The normalized spacial score (nSPS) is 17.0. The quantitative estimate of drug-likeness (QED) is 0.0441. The Morgan fingerprint density at radius 3 is 2.18 bits per heavy atom. The molecule has 1 fully saturated rings. The second kappa shape index (κ2) is 25.1. The predicted molar refractivity (Wildman–Crippen MR) is 162 cm³/mol. The SMILES string of the molecule is C=C[C@@H](C#CC#CC[C@H]1O[C@@H]1CCCCCCC)OC(=O)CCCCCCC/C=C\C/C=C\CCCCC. The number of hydrogen-bond donors (Lipinski definition) is 0. The number of carbonyl (C=O) groups is 1. The Hall–Kier alpha value is -2.23. The van der Waals surface area contributed by atoms with E-state index in [1.54, 1.807) is 6.08 Å². The molecule has 0 aliphatic carbocycles. The van der Waals surface area contributed by atoms with Crippen molar-refractivity contribution in [2.75, 3.05) is 0 Å². The van der Waals surface area contributed by atoms with Crippen LogP contribution in [0.1, 0.15) is 136 Å². The molecule has 0 amide bonds. The van der Waals surface area contributed by atoms with Gasteiger partial charge in [0.1, 0.15) is 0 Å². The third kappa shape index (κ3) is 20.8. The summed E-state index contributed by atoms with van der Waals surface area (Å²) in [5.41, 5.74) is 0. The van der Waals surface area contributed by atoms with Crippen molar-refractivity contribution in [3.63, 3.8) is 0 Å². The van der Waals surface area contributed by atoms with Gasteiger partial charge in [0, 0.05) is 12.8 Å². The molecule has 1 rings (SSSR count). The topological polar surface area (TPSA) is 38.8 Å². The summed E-state index contributed by atoms with van der Waals surface area (Å²) < 4.78 is 11.1. The van der Waals surface area contributed by atoms with Crippen molar-refractivity contribution >= 4 is 5.97 Å². The summed E-state index contributed by atoms with van der Waals surface area (Å²) in [7, 11) is 0. The lowest BCUT2D eigenvalue weighted by Crippen LogP contribution is -2.13. The molecule has 0 aromatic carbocycles. The van der Waals surface area contributed by atoms with Crippen molar-refractivity contribution in [3.8, 4) is 23.7 Å². The number of rotatable bonds is 23. The maximum absolute atomic E-state index is 12.1. The van der Waals surface area contributed by atoms with Gasteiger partial charge >= 0.3 is 5.97 Å². The van der Waals surface area contributed by atoms with E-state index in [0.717, 1.165) is 44.9 Å². The van der Waals surface area contributed by atoms with Crippen LogP contribution >= 0.6 is 0 Å². The Morgan fingerprint density at radius 1 is 0.816 bits per heavy atom. The largest absolute Gasteiger partial charge is 0.445 e. The van der Waals surface area contributed by atoms with Gasteiger partial charge in [-0.15, -0.1) is 0 Å². The van der Waals surface area contributed by atoms with E-state index in [1.165, 1.54) is 70.6 Å². The van der Waals surface area contributed by atoms with Gasteiger partial charge in [-0.3, -0.25) is 4.79 Å². The monoisotopic (exact) mass is 522 g/mol. The maximum atomic E-state index is 12.1. The fourth-order valence-corrected chi connectivity index (χ4v) is 4.28. The molecule has 1 aliphatic heterocycles. The van der Waals surface area contributed by atoms with E-state index in [0.29, 0.717) is 12.5 Å². The molecule has 3 atom stereocenters. The number of ether oxygens (including phenoxy) is 2. The van der Waals surface area contributed by atoms with Crippen molar-refractivity contribution < 1.29 is 14.3 Å². The Balaban J connectivity index is 2.01. The summed E-state index contributed by atoms with van der Waals surface area (Å²) in [5, 5.41) is 0. The van der Waals surface area contributed by atoms with Crippen LogP contribution in [-0.2, 0) is 14.3 Å². The van der Waals surface area contributed by atoms with E-state index >= 15 is 0 Å². The summed E-state index contributed by atoms with van der Waals surface area (Å²) in [6.45, 7) is 8.21. The number of hydrogen-bond acceptors (Lipinski definition) is 3. The van der Waals surface area contributed by atoms with Gasteiger partial charge in [0.25, 0.3) is 0 Å². The molecule has 0 bridgehead atoms. The molecule has 0 spiro atoms. The highest BCUT2D eigenvalue weighted by Gasteiger charge is 2.36. The van der Waals surface area contributed by atoms with Crippen molar-refractivity contribution in [1.29, 1.82) is 0 Å². The van der Waals surface area contributed by atoms with Crippen LogP contribution in [-0.4, -0.2) is 24.3 Å². The molecule has 3 heteroatoms. The molecule has 0 saturated carbocycles. The van der Waals surface area contributed by atoms with Crippen LogP contribution in [0.3, 0.4) is 0 Å². The molecule has 0 unspecified atom stereocenters. The van der Waals surface area contributed by atoms with Gasteiger partial charge in [0.2, 0.25) is 0 Å². The first-order chi connectivity index (χ1) is 18.7. The Bertz CT molecular complexity index is 785. The van der Waals surface area contributed by atoms with Crippen LogP contribution < -0.4 is 0 Å². The van der Waals surface area contributed by atoms with Gasteiger partial charge < -0.3 is 9.47 Å². The van der Waals surface area contributed by atoms with Crippen LogP contribution in [0.5, 0.6) is 0 Å². The summed E-state index contributed by atoms with van der Waals surface area (Å²) in [6, 6.07) is 0. The second-order valence-electron chi connectivity index (χ2n) is 10.3. The van der Waals surface area contributed by atoms with Crippen LogP contribution in [0.25, 0.3) is 0 Å². The zero-order valence-corrected chi connectivity index (χ0v) is 24.5. The minimum absolute atomic E-state index is 0.212. The molecule has 212 valence electrons. The van der Waals surface area contributed by atoms with Crippen LogP contribution in [0, 0.1) is 23.7 Å². The third-order valence-corrected chi connectivity index (χ3v) is 6.75. The van der Waals surface area contributed by atoms with E-state index in [9.17, 15) is 4.79 Å². The fraction of sp³-hybridized carbons (Fsp3) is 0.686. The smallest absolute Gasteiger partial charge is 0.307 e. The molecule has 1 aliphatic rings. The van der Waals surface area contributed by atoms with E-state index in [-0.39, 0.29) is 12.1 Å². The predicted octanol–water partition coefficient (Wildman–Crippen LogP) is 9.42. The first-order valence-corrected chi connectivity index (χ1v) is 15.5. The molecular weight excluding hydrogens is 468 g/mol. The minimum Gasteiger partial charge on any atom is -0.445 e. The van der Waals surface area contributed by atoms with E-state index in [1.807, 2.05) is 0 Å². The fourth-order valence-electron chi connectivity index (χ4n) is 4.28. The van der Waals surface area contributed by atoms with E-state index in [2.05, 4.69) is 68.4 Å². The van der Waals surface area contributed by atoms with Crippen LogP contribution in [0.15, 0.2) is 37.0 Å². The highest BCUT2D eigenvalue weighted by Crippen LogP contribution is 2.29. The second-order valence-corrected chi connectivity index (χ2v) is 10.3. The number of unbranched alkanes of at least 4 members (excludes halogenated alkanes) is 12. The molecule has 0 radical (unpaired) electrons. The number of carbonyl (C=O) groups excluding carboxylic acids is 1. The maximum Gasteiger partial charge on any atom is 0.307 e. The Kier molecular flexibility index (Phi) is 22.3. The molecule has 1 heterocycles. The van der Waals surface area contributed by atoms with Crippen LogP contribution in [0.4, 0.5) is 0 Å². The van der Waals surface area contributed by atoms with E-state index < -0.39 is 6.10 Å². The lowest BCUT2D eigenvalue weighted by atomic mass is 10.1. The van der Waals surface area contributed by atoms with Gasteiger partial charge in [0.15, 0.2) is 6.10 Å². The lowest BCUT2D eigenvalue weighted by molar-refractivity contribution is -0.144. The summed E-state index contributed by atoms with van der Waals surface area (Å²) in [4.78, 5) is 12.1. The molecule has 0 aromatic rings. The van der Waals surface area contributed by atoms with Gasteiger partial charge in [-0.1, -0.05) is 115 Å². The third-order valence-electron chi connectivity index (χ3n) is 6.75. The minimum atomic E-state index is -0.595. The summed E-state index contributed by atoms with van der Waals surface area (Å²) in [5.74, 6) is 11.4. The highest BCUT2D eigenvalue weighted by atomic mass is 16.6. The first kappa shape index (κ1) is 33.8. The molecule has 0 aromatic heterocycles. The molecule has 0 N–H and O–H groups in total. The number of allylic oxidation sites excluding steroid dienone is 4. The average molecular weight is 523 g/mol. The molecule has 38 heavy (non-hydrogen) atoms. The van der Waals surface area contributed by atoms with Gasteiger partial charge in [-0.2, -0.15) is 0 Å². The van der Waals surface area contributed by atoms with Crippen molar-refractivity contribution in [1.82, 2.24) is 0 Å². The zero-order valence-electron chi connectivity index (χ0n) is 24.5. The van der Waals surface area contributed by atoms with Crippen molar-refractivity contribution in [2.24, 2.45) is 0 Å². The standard InChI is InChI=1S/C35H54O3/c1-4-7-9-11-12-13-14-15-16-17-18-19-20-22-27-31-35(36)37-32(6-3)28-24-23-26-30-34-33(38-34)29-25-21-10-8-5-2/h6,12-13,15-16,32-34H,3-5,7-11,14,17-22,25,27,29-31H2,1-2H3/b13-12-,16-15-/t32-,33+,34+/m0/s1. The summed E-state index contributed by atoms with van der Waals surface area (Å²) in [6.07, 6.45) is 32.3. The number of epoxide rings is 1.